The Morgan fingerprint density at radius 3 is 2.43 bits per heavy atom. The van der Waals surface area contributed by atoms with Crippen LogP contribution in [-0.4, -0.2) is 13.2 Å². The van der Waals surface area contributed by atoms with E-state index in [2.05, 4.69) is 19.1 Å². The molecular formula is C18H29NO2. The molecule has 1 aromatic carbocycles. The third kappa shape index (κ3) is 3.91. The zero-order valence-corrected chi connectivity index (χ0v) is 13.6. The average Bonchev–Trinajstić information content (AvgIpc) is 2.98. The molecule has 0 aromatic heterocycles. The zero-order valence-electron chi connectivity index (χ0n) is 13.6. The van der Waals surface area contributed by atoms with Crippen LogP contribution in [0, 0.1) is 11.8 Å². The van der Waals surface area contributed by atoms with Gasteiger partial charge in [0.25, 0.3) is 0 Å². The van der Waals surface area contributed by atoms with Gasteiger partial charge in [-0.3, -0.25) is 0 Å². The Labute approximate surface area is 128 Å². The van der Waals surface area contributed by atoms with Gasteiger partial charge in [-0.1, -0.05) is 25.8 Å². The van der Waals surface area contributed by atoms with E-state index in [1.54, 1.807) is 0 Å². The summed E-state index contributed by atoms with van der Waals surface area (Å²) in [5, 5.41) is 0. The summed E-state index contributed by atoms with van der Waals surface area (Å²) in [7, 11) is 0. The molecule has 0 radical (unpaired) electrons. The summed E-state index contributed by atoms with van der Waals surface area (Å²) in [5.74, 6) is 3.09. The number of hydrogen-bond acceptors (Lipinski definition) is 3. The first kappa shape index (κ1) is 16.2. The number of rotatable bonds is 7. The van der Waals surface area contributed by atoms with Crippen LogP contribution >= 0.6 is 0 Å². The lowest BCUT2D eigenvalue weighted by atomic mass is 9.91. The summed E-state index contributed by atoms with van der Waals surface area (Å²) >= 11 is 0. The van der Waals surface area contributed by atoms with Crippen molar-refractivity contribution in [1.82, 2.24) is 0 Å². The van der Waals surface area contributed by atoms with Gasteiger partial charge in [-0.25, -0.2) is 0 Å². The van der Waals surface area contributed by atoms with Crippen molar-refractivity contribution in [2.24, 2.45) is 17.6 Å². The van der Waals surface area contributed by atoms with Gasteiger partial charge in [0.15, 0.2) is 11.5 Å². The maximum atomic E-state index is 6.51. The van der Waals surface area contributed by atoms with Crippen LogP contribution in [0.1, 0.15) is 58.1 Å². The quantitative estimate of drug-likeness (QED) is 0.814. The summed E-state index contributed by atoms with van der Waals surface area (Å²) in [6.07, 6.45) is 5.10. The van der Waals surface area contributed by atoms with Crippen LogP contribution in [0.4, 0.5) is 0 Å². The molecule has 1 saturated carbocycles. The van der Waals surface area contributed by atoms with Gasteiger partial charge in [0.05, 0.1) is 13.2 Å². The highest BCUT2D eigenvalue weighted by Gasteiger charge is 2.29. The SMILES string of the molecule is CCOc1ccc(C(N)C2CCC(CC)C2)cc1OCC. The van der Waals surface area contributed by atoms with E-state index in [9.17, 15) is 0 Å². The van der Waals surface area contributed by atoms with Crippen LogP contribution in [0.2, 0.25) is 0 Å². The Balaban J connectivity index is 2.13. The van der Waals surface area contributed by atoms with Gasteiger partial charge in [-0.2, -0.15) is 0 Å². The fourth-order valence-electron chi connectivity index (χ4n) is 3.36. The van der Waals surface area contributed by atoms with Crippen LogP contribution in [-0.2, 0) is 0 Å². The second kappa shape index (κ2) is 7.69. The highest BCUT2D eigenvalue weighted by Crippen LogP contribution is 2.40. The number of benzene rings is 1. The predicted molar refractivity (Wildman–Crippen MR) is 86.8 cm³/mol. The number of hydrogen-bond donors (Lipinski definition) is 1. The lowest BCUT2D eigenvalue weighted by molar-refractivity contribution is 0.287. The summed E-state index contributed by atoms with van der Waals surface area (Å²) < 4.78 is 11.3. The predicted octanol–water partition coefficient (Wildman–Crippen LogP) is 4.31. The molecule has 2 rings (SSSR count). The topological polar surface area (TPSA) is 44.5 Å². The van der Waals surface area contributed by atoms with Gasteiger partial charge >= 0.3 is 0 Å². The summed E-state index contributed by atoms with van der Waals surface area (Å²) in [4.78, 5) is 0. The first-order chi connectivity index (χ1) is 10.2. The normalized spacial score (nSPS) is 23.0. The van der Waals surface area contributed by atoms with Gasteiger partial charge in [-0.15, -0.1) is 0 Å². The van der Waals surface area contributed by atoms with Crippen molar-refractivity contribution in [2.75, 3.05) is 13.2 Å². The molecule has 3 heteroatoms. The smallest absolute Gasteiger partial charge is 0.161 e. The van der Waals surface area contributed by atoms with Gasteiger partial charge < -0.3 is 15.2 Å². The minimum Gasteiger partial charge on any atom is -0.490 e. The molecule has 1 aliphatic rings. The van der Waals surface area contributed by atoms with Crippen molar-refractivity contribution >= 4 is 0 Å². The Morgan fingerprint density at radius 2 is 1.81 bits per heavy atom. The molecule has 3 atom stereocenters. The van der Waals surface area contributed by atoms with E-state index in [1.165, 1.54) is 31.2 Å². The molecule has 0 saturated heterocycles. The van der Waals surface area contributed by atoms with Crippen molar-refractivity contribution in [3.8, 4) is 11.5 Å². The van der Waals surface area contributed by atoms with Crippen LogP contribution in [0.15, 0.2) is 18.2 Å². The highest BCUT2D eigenvalue weighted by molar-refractivity contribution is 5.44. The van der Waals surface area contributed by atoms with Crippen LogP contribution in [0.5, 0.6) is 11.5 Å². The van der Waals surface area contributed by atoms with Crippen molar-refractivity contribution < 1.29 is 9.47 Å². The molecule has 118 valence electrons. The molecule has 3 unspecified atom stereocenters. The summed E-state index contributed by atoms with van der Waals surface area (Å²) in [6, 6.07) is 6.27. The van der Waals surface area contributed by atoms with Crippen LogP contribution in [0.3, 0.4) is 0 Å². The van der Waals surface area contributed by atoms with Crippen molar-refractivity contribution in [3.63, 3.8) is 0 Å². The molecule has 0 spiro atoms. The van der Waals surface area contributed by atoms with E-state index >= 15 is 0 Å². The maximum Gasteiger partial charge on any atom is 0.161 e. The van der Waals surface area contributed by atoms with Gasteiger partial charge in [0.1, 0.15) is 0 Å². The highest BCUT2D eigenvalue weighted by atomic mass is 16.5. The fourth-order valence-corrected chi connectivity index (χ4v) is 3.36. The lowest BCUT2D eigenvalue weighted by Crippen LogP contribution is -2.19. The Hall–Kier alpha value is -1.22. The largest absolute Gasteiger partial charge is 0.490 e. The molecule has 0 aliphatic heterocycles. The Morgan fingerprint density at radius 1 is 1.10 bits per heavy atom. The fraction of sp³-hybridized carbons (Fsp3) is 0.667. The van der Waals surface area contributed by atoms with Crippen molar-refractivity contribution in [1.29, 1.82) is 0 Å². The van der Waals surface area contributed by atoms with Crippen molar-refractivity contribution in [3.05, 3.63) is 23.8 Å². The van der Waals surface area contributed by atoms with E-state index in [0.29, 0.717) is 19.1 Å². The summed E-state index contributed by atoms with van der Waals surface area (Å²) in [5.41, 5.74) is 7.68. The Bertz CT molecular complexity index is 447. The second-order valence-corrected chi connectivity index (χ2v) is 5.95. The zero-order chi connectivity index (χ0) is 15.2. The van der Waals surface area contributed by atoms with Crippen LogP contribution in [0.25, 0.3) is 0 Å². The monoisotopic (exact) mass is 291 g/mol. The average molecular weight is 291 g/mol. The minimum absolute atomic E-state index is 0.108. The number of nitrogens with two attached hydrogens (primary N) is 1. The first-order valence-corrected chi connectivity index (χ1v) is 8.34. The molecule has 2 N–H and O–H groups in total. The van der Waals surface area contributed by atoms with E-state index in [0.717, 1.165) is 17.4 Å². The first-order valence-electron chi connectivity index (χ1n) is 8.34. The molecule has 1 fully saturated rings. The van der Waals surface area contributed by atoms with Gasteiger partial charge in [-0.05, 0) is 56.2 Å². The van der Waals surface area contributed by atoms with Crippen molar-refractivity contribution in [2.45, 2.75) is 52.5 Å². The molecule has 3 nitrogen and oxygen atoms in total. The molecule has 0 bridgehead atoms. The maximum absolute atomic E-state index is 6.51. The molecule has 0 heterocycles. The third-order valence-corrected chi connectivity index (χ3v) is 4.62. The summed E-state index contributed by atoms with van der Waals surface area (Å²) in [6.45, 7) is 7.54. The van der Waals surface area contributed by atoms with E-state index in [1.807, 2.05) is 19.9 Å². The molecular weight excluding hydrogens is 262 g/mol. The van der Waals surface area contributed by atoms with Crippen LogP contribution < -0.4 is 15.2 Å². The second-order valence-electron chi connectivity index (χ2n) is 5.95. The standard InChI is InChI=1S/C18H29NO2/c1-4-13-7-8-14(11-13)18(19)15-9-10-16(20-5-2)17(12-15)21-6-3/h9-10,12-14,18H,4-8,11,19H2,1-3H3. The minimum atomic E-state index is 0.108. The number of ether oxygens (including phenoxy) is 2. The molecule has 0 amide bonds. The van der Waals surface area contributed by atoms with Gasteiger partial charge in [0.2, 0.25) is 0 Å². The van der Waals surface area contributed by atoms with E-state index < -0.39 is 0 Å². The molecule has 1 aliphatic carbocycles. The third-order valence-electron chi connectivity index (χ3n) is 4.62. The van der Waals surface area contributed by atoms with E-state index in [4.69, 9.17) is 15.2 Å². The van der Waals surface area contributed by atoms with E-state index in [-0.39, 0.29) is 6.04 Å². The molecule has 21 heavy (non-hydrogen) atoms. The Kier molecular flexibility index (Phi) is 5.92. The van der Waals surface area contributed by atoms with Gasteiger partial charge in [0, 0.05) is 6.04 Å². The molecule has 1 aromatic rings. The lowest BCUT2D eigenvalue weighted by Gasteiger charge is -2.21.